The molecule has 1 aromatic heterocycles. The lowest BCUT2D eigenvalue weighted by Crippen LogP contribution is -2.33. The summed E-state index contributed by atoms with van der Waals surface area (Å²) in [7, 11) is 4.28. The molecule has 0 aliphatic heterocycles. The molecule has 1 aliphatic rings. The van der Waals surface area contributed by atoms with E-state index in [0.717, 1.165) is 47.9 Å². The van der Waals surface area contributed by atoms with Crippen LogP contribution < -0.4 is 0 Å². The van der Waals surface area contributed by atoms with Gasteiger partial charge in [-0.15, -0.1) is 0 Å². The van der Waals surface area contributed by atoms with Crippen molar-refractivity contribution in [3.8, 4) is 5.88 Å². The number of aromatic hydroxyl groups is 1. The van der Waals surface area contributed by atoms with Gasteiger partial charge < -0.3 is 15.0 Å². The van der Waals surface area contributed by atoms with E-state index in [1.165, 1.54) is 5.56 Å². The number of aromatic amines is 1. The van der Waals surface area contributed by atoms with Crippen molar-refractivity contribution in [3.63, 3.8) is 0 Å². The number of benzene rings is 2. The van der Waals surface area contributed by atoms with Crippen LogP contribution in [0.2, 0.25) is 0 Å². The van der Waals surface area contributed by atoms with E-state index >= 15 is 0 Å². The summed E-state index contributed by atoms with van der Waals surface area (Å²) in [6.07, 6.45) is 4.30. The Balaban J connectivity index is 1.82. The van der Waals surface area contributed by atoms with E-state index < -0.39 is 0 Å². The molecule has 31 heavy (non-hydrogen) atoms. The average Bonchev–Trinajstić information content (AvgIpc) is 3.07. The molecule has 1 saturated carbocycles. The van der Waals surface area contributed by atoms with E-state index in [2.05, 4.69) is 55.2 Å². The smallest absolute Gasteiger partial charge is 0.199 e. The van der Waals surface area contributed by atoms with E-state index in [0.29, 0.717) is 17.2 Å². The maximum absolute atomic E-state index is 12.0. The number of carbonyl (C=O) groups excluding carboxylic acids is 1. The fourth-order valence-corrected chi connectivity index (χ4v) is 4.52. The zero-order valence-corrected chi connectivity index (χ0v) is 18.8. The fourth-order valence-electron chi connectivity index (χ4n) is 4.52. The molecule has 0 spiro atoms. The number of carbonyl (C=O) groups is 1. The third kappa shape index (κ3) is 4.42. The summed E-state index contributed by atoms with van der Waals surface area (Å²) in [5.74, 6) is 0.0985. The van der Waals surface area contributed by atoms with Gasteiger partial charge >= 0.3 is 0 Å². The van der Waals surface area contributed by atoms with Crippen LogP contribution in [-0.2, 0) is 0 Å². The first-order chi connectivity index (χ1) is 14.8. The minimum atomic E-state index is 0.00405. The molecule has 0 unspecified atom stereocenters. The topological polar surface area (TPSA) is 68.7 Å². The lowest BCUT2D eigenvalue weighted by Gasteiger charge is -2.31. The van der Waals surface area contributed by atoms with Gasteiger partial charge in [-0.05, 0) is 71.8 Å². The molecular formula is C26H31N3O2. The van der Waals surface area contributed by atoms with Crippen LogP contribution in [0.4, 0.5) is 0 Å². The zero-order chi connectivity index (χ0) is 22.1. The Labute approximate surface area is 183 Å². The van der Waals surface area contributed by atoms with Gasteiger partial charge in [-0.3, -0.25) is 9.79 Å². The van der Waals surface area contributed by atoms with E-state index in [9.17, 15) is 9.90 Å². The number of H-pyrrole nitrogens is 1. The van der Waals surface area contributed by atoms with E-state index in [4.69, 9.17) is 4.99 Å². The maximum Gasteiger partial charge on any atom is 0.199 e. The molecule has 0 radical (unpaired) electrons. The van der Waals surface area contributed by atoms with Gasteiger partial charge in [0.05, 0.1) is 17.3 Å². The summed E-state index contributed by atoms with van der Waals surface area (Å²) in [6, 6.07) is 14.6. The summed E-state index contributed by atoms with van der Waals surface area (Å²) in [4.78, 5) is 22.5. The van der Waals surface area contributed by atoms with E-state index in [-0.39, 0.29) is 17.7 Å². The summed E-state index contributed by atoms with van der Waals surface area (Å²) in [5.41, 5.74) is 5.05. The average molecular weight is 418 g/mol. The van der Waals surface area contributed by atoms with Crippen molar-refractivity contribution in [3.05, 3.63) is 64.7 Å². The summed E-state index contributed by atoms with van der Waals surface area (Å²) in [5, 5.41) is 11.7. The van der Waals surface area contributed by atoms with Crippen molar-refractivity contribution < 1.29 is 9.90 Å². The third-order valence-electron chi connectivity index (χ3n) is 6.46. The minimum Gasteiger partial charge on any atom is -0.494 e. The van der Waals surface area contributed by atoms with Gasteiger partial charge in [0.15, 0.2) is 11.7 Å². The molecule has 2 N–H and O–H groups in total. The van der Waals surface area contributed by atoms with Crippen LogP contribution in [0, 0.1) is 6.92 Å². The van der Waals surface area contributed by atoms with Crippen LogP contribution in [-0.4, -0.2) is 52.7 Å². The van der Waals surface area contributed by atoms with Crippen molar-refractivity contribution >= 4 is 22.4 Å². The van der Waals surface area contributed by atoms with Crippen LogP contribution in [0.15, 0.2) is 47.5 Å². The Hall–Kier alpha value is -2.92. The Bertz CT molecular complexity index is 1120. The van der Waals surface area contributed by atoms with Crippen LogP contribution in [0.5, 0.6) is 5.88 Å². The van der Waals surface area contributed by atoms with Gasteiger partial charge in [0.2, 0.25) is 0 Å². The molecule has 3 aromatic rings. The predicted octanol–water partition coefficient (Wildman–Crippen LogP) is 5.09. The number of aryl methyl sites for hydroxylation is 1. The Morgan fingerprint density at radius 3 is 2.29 bits per heavy atom. The number of nitrogens with one attached hydrogen (secondary N) is 1. The number of aliphatic imine (C=N–C) groups is 1. The molecule has 5 heteroatoms. The van der Waals surface area contributed by atoms with Gasteiger partial charge in [-0.2, -0.15) is 0 Å². The molecule has 1 aliphatic carbocycles. The van der Waals surface area contributed by atoms with Crippen molar-refractivity contribution in [1.82, 2.24) is 9.88 Å². The van der Waals surface area contributed by atoms with Crippen LogP contribution >= 0.6 is 0 Å². The van der Waals surface area contributed by atoms with Crippen molar-refractivity contribution in [2.24, 2.45) is 4.99 Å². The highest BCUT2D eigenvalue weighted by Crippen LogP contribution is 2.33. The Kier molecular flexibility index (Phi) is 5.96. The molecular weight excluding hydrogens is 386 g/mol. The molecule has 5 nitrogen and oxygen atoms in total. The first-order valence-electron chi connectivity index (χ1n) is 11.0. The number of hydrogen-bond donors (Lipinski definition) is 2. The molecule has 2 aromatic carbocycles. The van der Waals surface area contributed by atoms with Gasteiger partial charge in [-0.1, -0.05) is 29.8 Å². The first kappa shape index (κ1) is 21.3. The van der Waals surface area contributed by atoms with Gasteiger partial charge in [-0.25, -0.2) is 0 Å². The highest BCUT2D eigenvalue weighted by atomic mass is 16.3. The number of fused-ring (bicyclic) bond motifs is 1. The van der Waals surface area contributed by atoms with Gasteiger partial charge in [0.1, 0.15) is 0 Å². The Morgan fingerprint density at radius 2 is 1.68 bits per heavy atom. The second-order valence-corrected chi connectivity index (χ2v) is 8.93. The molecule has 0 atom stereocenters. The monoisotopic (exact) mass is 417 g/mol. The SMILES string of the molecule is CC(=O)c1ccc2[nH]c(O)c(C(=NC3CCC(N(C)C)CC3)c3ccc(C)cc3)c2c1. The van der Waals surface area contributed by atoms with Crippen LogP contribution in [0.3, 0.4) is 0 Å². The highest BCUT2D eigenvalue weighted by Gasteiger charge is 2.25. The van der Waals surface area contributed by atoms with Crippen molar-refractivity contribution in [2.45, 2.75) is 51.6 Å². The van der Waals surface area contributed by atoms with E-state index in [1.807, 2.05) is 12.1 Å². The number of rotatable bonds is 5. The highest BCUT2D eigenvalue weighted by molar-refractivity contribution is 6.21. The maximum atomic E-state index is 12.0. The quantitative estimate of drug-likeness (QED) is 0.448. The Morgan fingerprint density at radius 1 is 1.03 bits per heavy atom. The normalized spacial score (nSPS) is 19.8. The first-order valence-corrected chi connectivity index (χ1v) is 11.0. The molecule has 1 heterocycles. The standard InChI is InChI=1S/C26H31N3O2/c1-16-5-7-18(8-6-16)25(27-20-10-12-21(13-11-20)29(3)4)24-22-15-19(17(2)30)9-14-23(22)28-26(24)31/h5-9,14-15,20-21,28,31H,10-13H2,1-4H3. The minimum absolute atomic E-state index is 0.00405. The summed E-state index contributed by atoms with van der Waals surface area (Å²) in [6.45, 7) is 3.62. The lowest BCUT2D eigenvalue weighted by molar-refractivity contribution is 0.101. The summed E-state index contributed by atoms with van der Waals surface area (Å²) < 4.78 is 0. The van der Waals surface area contributed by atoms with Crippen LogP contribution in [0.1, 0.15) is 59.7 Å². The number of ketones is 1. The number of aromatic nitrogens is 1. The molecule has 162 valence electrons. The number of hydrogen-bond acceptors (Lipinski definition) is 4. The fraction of sp³-hybridized carbons (Fsp3) is 0.385. The number of nitrogens with zero attached hydrogens (tertiary/aromatic N) is 2. The summed E-state index contributed by atoms with van der Waals surface area (Å²) >= 11 is 0. The van der Waals surface area contributed by atoms with E-state index in [1.54, 1.807) is 13.0 Å². The molecule has 0 bridgehead atoms. The zero-order valence-electron chi connectivity index (χ0n) is 18.8. The molecule has 0 saturated heterocycles. The molecule has 0 amide bonds. The molecule has 4 rings (SSSR count). The second-order valence-electron chi connectivity index (χ2n) is 8.93. The predicted molar refractivity (Wildman–Crippen MR) is 127 cm³/mol. The molecule has 1 fully saturated rings. The van der Waals surface area contributed by atoms with Crippen molar-refractivity contribution in [2.75, 3.05) is 14.1 Å². The van der Waals surface area contributed by atoms with Crippen molar-refractivity contribution in [1.29, 1.82) is 0 Å². The van der Waals surface area contributed by atoms with Gasteiger partial charge in [0, 0.05) is 28.1 Å². The largest absolute Gasteiger partial charge is 0.494 e. The third-order valence-corrected chi connectivity index (χ3v) is 6.46. The second kappa shape index (κ2) is 8.67. The lowest BCUT2D eigenvalue weighted by atomic mass is 9.90. The van der Waals surface area contributed by atoms with Crippen LogP contribution in [0.25, 0.3) is 10.9 Å². The van der Waals surface area contributed by atoms with Gasteiger partial charge in [0.25, 0.3) is 0 Å². The number of Topliss-reactive ketones (excluding diaryl/α,β-unsaturated/α-hetero) is 1.